The minimum Gasteiger partial charge on any atom is -0.492 e. The van der Waals surface area contributed by atoms with E-state index >= 15 is 0 Å². The summed E-state index contributed by atoms with van der Waals surface area (Å²) in [5, 5.41) is 2.15. The highest BCUT2D eigenvalue weighted by atomic mass is 79.9. The summed E-state index contributed by atoms with van der Waals surface area (Å²) in [4.78, 5) is 38.0. The summed E-state index contributed by atoms with van der Waals surface area (Å²) in [6.45, 7) is 5.44. The number of imide groups is 1. The van der Waals surface area contributed by atoms with Crippen molar-refractivity contribution in [2.24, 2.45) is 0 Å². The number of anilines is 1. The maximum Gasteiger partial charge on any atom is 0.339 e. The molecule has 0 unspecified atom stereocenters. The van der Waals surface area contributed by atoms with E-state index in [0.29, 0.717) is 17.0 Å². The number of carbonyl (C=O) groups excluding carboxylic acids is 3. The van der Waals surface area contributed by atoms with Gasteiger partial charge in [-0.2, -0.15) is 8.42 Å². The molecule has 220 valence electrons. The Morgan fingerprint density at radius 1 is 1.07 bits per heavy atom. The molecule has 0 spiro atoms. The van der Waals surface area contributed by atoms with Crippen molar-refractivity contribution in [3.8, 4) is 17.2 Å². The molecule has 3 aromatic rings. The molecule has 0 aliphatic carbocycles. The van der Waals surface area contributed by atoms with Crippen molar-refractivity contribution in [2.45, 2.75) is 25.7 Å². The molecule has 4 rings (SSSR count). The lowest BCUT2D eigenvalue weighted by Crippen LogP contribution is -2.32. The van der Waals surface area contributed by atoms with Gasteiger partial charge in [-0.25, -0.2) is 0 Å². The average Bonchev–Trinajstić information content (AvgIpc) is 3.18. The van der Waals surface area contributed by atoms with Gasteiger partial charge in [0.1, 0.15) is 17.3 Å². The second kappa shape index (κ2) is 13.4. The van der Waals surface area contributed by atoms with Gasteiger partial charge in [-0.3, -0.25) is 19.3 Å². The quantitative estimate of drug-likeness (QED) is 0.192. The number of aryl methyl sites for hydroxylation is 1. The van der Waals surface area contributed by atoms with Gasteiger partial charge in [0.2, 0.25) is 5.91 Å². The van der Waals surface area contributed by atoms with Gasteiger partial charge in [0.05, 0.1) is 22.5 Å². The van der Waals surface area contributed by atoms with Crippen LogP contribution in [0.4, 0.5) is 10.5 Å². The lowest BCUT2D eigenvalue weighted by molar-refractivity contribution is -0.123. The fourth-order valence-corrected chi connectivity index (χ4v) is 6.35. The van der Waals surface area contributed by atoms with Crippen LogP contribution in [-0.4, -0.2) is 50.1 Å². The number of halogens is 1. The molecule has 1 fully saturated rings. The van der Waals surface area contributed by atoms with Crippen LogP contribution in [0.1, 0.15) is 25.0 Å². The summed E-state index contributed by atoms with van der Waals surface area (Å²) in [7, 11) is -4.27. The number of amides is 3. The number of carbonyl (C=O) groups is 3. The van der Waals surface area contributed by atoms with Crippen LogP contribution in [0.25, 0.3) is 6.08 Å². The third-order valence-electron chi connectivity index (χ3n) is 5.73. The van der Waals surface area contributed by atoms with Crippen molar-refractivity contribution in [3.05, 3.63) is 81.2 Å². The predicted octanol–water partition coefficient (Wildman–Crippen LogP) is 6.00. The first-order valence-electron chi connectivity index (χ1n) is 12.7. The molecule has 0 atom stereocenters. The third kappa shape index (κ3) is 7.72. The smallest absolute Gasteiger partial charge is 0.339 e. The summed E-state index contributed by atoms with van der Waals surface area (Å²) < 4.78 is 43.1. The first-order chi connectivity index (χ1) is 20.0. The summed E-state index contributed by atoms with van der Waals surface area (Å²) in [6, 6.07) is 16.1. The fourth-order valence-electron chi connectivity index (χ4n) is 3.89. The third-order valence-corrected chi connectivity index (χ3v) is 8.46. The van der Waals surface area contributed by atoms with E-state index in [1.165, 1.54) is 43.3 Å². The molecule has 1 aliphatic heterocycles. The van der Waals surface area contributed by atoms with Crippen LogP contribution in [-0.2, 0) is 19.7 Å². The number of thioether (sulfide) groups is 1. The SMILES string of the molecule is CCOc1cc(/C=C2\SC(=O)N(CCOc3cccc(C)c3)C2=O)cc(Br)c1OS(=O)(=O)c1ccc(NC(C)=O)cc1. The summed E-state index contributed by atoms with van der Waals surface area (Å²) in [5.74, 6) is -0.0671. The first-order valence-corrected chi connectivity index (χ1v) is 15.7. The molecular weight excluding hydrogens is 648 g/mol. The molecule has 0 radical (unpaired) electrons. The number of benzene rings is 3. The van der Waals surface area contributed by atoms with Crippen LogP contribution in [0.3, 0.4) is 0 Å². The van der Waals surface area contributed by atoms with E-state index in [4.69, 9.17) is 13.7 Å². The standard InChI is InChI=1S/C29H27BrN2O8S2/c1-4-38-25-16-20(15-24(30)27(25)40-42(36,37)23-10-8-21(9-11-23)31-19(3)33)17-26-28(34)32(29(35)41-26)12-13-39-22-7-5-6-18(2)14-22/h5-11,14-17H,4,12-13H2,1-3H3,(H,31,33)/b26-17-. The minimum absolute atomic E-state index is 0.0821. The average molecular weight is 676 g/mol. The topological polar surface area (TPSA) is 128 Å². The molecule has 13 heteroatoms. The molecule has 3 aromatic carbocycles. The monoisotopic (exact) mass is 674 g/mol. The zero-order chi connectivity index (χ0) is 30.4. The fraction of sp³-hybridized carbons (Fsp3) is 0.207. The van der Waals surface area contributed by atoms with E-state index in [1.807, 2.05) is 25.1 Å². The lowest BCUT2D eigenvalue weighted by atomic mass is 10.2. The van der Waals surface area contributed by atoms with Crippen molar-refractivity contribution in [2.75, 3.05) is 25.1 Å². The Kier molecular flexibility index (Phi) is 9.97. The molecular formula is C29H27BrN2O8S2. The molecule has 42 heavy (non-hydrogen) atoms. The van der Waals surface area contributed by atoms with Crippen LogP contribution in [0.2, 0.25) is 0 Å². The van der Waals surface area contributed by atoms with E-state index in [0.717, 1.165) is 22.2 Å². The molecule has 3 amide bonds. The lowest BCUT2D eigenvalue weighted by Gasteiger charge is -2.15. The minimum atomic E-state index is -4.27. The van der Waals surface area contributed by atoms with Crippen LogP contribution in [0, 0.1) is 6.92 Å². The first kappa shape index (κ1) is 31.1. The highest BCUT2D eigenvalue weighted by Crippen LogP contribution is 2.40. The molecule has 1 saturated heterocycles. The highest BCUT2D eigenvalue weighted by Gasteiger charge is 2.35. The summed E-state index contributed by atoms with van der Waals surface area (Å²) in [5.41, 5.74) is 1.95. The Bertz CT molecular complexity index is 1660. The van der Waals surface area contributed by atoms with E-state index in [-0.39, 0.29) is 51.4 Å². The van der Waals surface area contributed by atoms with E-state index in [9.17, 15) is 22.8 Å². The zero-order valence-corrected chi connectivity index (χ0v) is 26.1. The van der Waals surface area contributed by atoms with Gasteiger partial charge in [0.25, 0.3) is 11.1 Å². The molecule has 1 N–H and O–H groups in total. The van der Waals surface area contributed by atoms with Crippen molar-refractivity contribution in [3.63, 3.8) is 0 Å². The predicted molar refractivity (Wildman–Crippen MR) is 163 cm³/mol. The number of hydrogen-bond acceptors (Lipinski definition) is 9. The van der Waals surface area contributed by atoms with Gasteiger partial charge in [0, 0.05) is 12.6 Å². The van der Waals surface area contributed by atoms with Crippen molar-refractivity contribution < 1.29 is 36.5 Å². The largest absolute Gasteiger partial charge is 0.492 e. The maximum absolute atomic E-state index is 13.0. The van der Waals surface area contributed by atoms with Gasteiger partial charge in [-0.15, -0.1) is 0 Å². The van der Waals surface area contributed by atoms with Gasteiger partial charge in [-0.05, 0) is 107 Å². The second-order valence-electron chi connectivity index (χ2n) is 9.00. The summed E-state index contributed by atoms with van der Waals surface area (Å²) >= 11 is 4.15. The molecule has 0 aromatic heterocycles. The van der Waals surface area contributed by atoms with E-state index in [1.54, 1.807) is 19.1 Å². The number of rotatable bonds is 11. The van der Waals surface area contributed by atoms with Crippen LogP contribution in [0.5, 0.6) is 17.2 Å². The Balaban J connectivity index is 1.51. The van der Waals surface area contributed by atoms with E-state index in [2.05, 4.69) is 21.2 Å². The van der Waals surface area contributed by atoms with Crippen LogP contribution in [0.15, 0.2) is 74.9 Å². The Morgan fingerprint density at radius 3 is 2.48 bits per heavy atom. The van der Waals surface area contributed by atoms with Crippen molar-refractivity contribution in [1.82, 2.24) is 4.90 Å². The van der Waals surface area contributed by atoms with Gasteiger partial charge < -0.3 is 19.0 Å². The van der Waals surface area contributed by atoms with Gasteiger partial charge in [0.15, 0.2) is 11.5 Å². The Labute approximate surface area is 256 Å². The number of nitrogens with zero attached hydrogens (tertiary/aromatic N) is 1. The molecule has 10 nitrogen and oxygen atoms in total. The molecule has 1 heterocycles. The normalized spacial score (nSPS) is 14.3. The number of hydrogen-bond donors (Lipinski definition) is 1. The second-order valence-corrected chi connectivity index (χ2v) is 12.4. The number of nitrogens with one attached hydrogen (secondary N) is 1. The molecule has 0 bridgehead atoms. The van der Waals surface area contributed by atoms with Crippen LogP contribution >= 0.6 is 27.7 Å². The van der Waals surface area contributed by atoms with Crippen LogP contribution < -0.4 is 19.0 Å². The summed E-state index contributed by atoms with van der Waals surface area (Å²) in [6.07, 6.45) is 1.53. The number of ether oxygens (including phenoxy) is 2. The van der Waals surface area contributed by atoms with Crippen molar-refractivity contribution >= 4 is 66.6 Å². The van der Waals surface area contributed by atoms with E-state index < -0.39 is 21.3 Å². The zero-order valence-electron chi connectivity index (χ0n) is 22.9. The van der Waals surface area contributed by atoms with Gasteiger partial charge >= 0.3 is 10.1 Å². The Hall–Kier alpha value is -3.81. The molecule has 1 aliphatic rings. The van der Waals surface area contributed by atoms with Crippen molar-refractivity contribution in [1.29, 1.82) is 0 Å². The van der Waals surface area contributed by atoms with Gasteiger partial charge in [-0.1, -0.05) is 12.1 Å². The molecule has 0 saturated carbocycles. The maximum atomic E-state index is 13.0. The highest BCUT2D eigenvalue weighted by molar-refractivity contribution is 9.10. The Morgan fingerprint density at radius 2 is 1.81 bits per heavy atom.